The fourth-order valence-corrected chi connectivity index (χ4v) is 2.49. The van der Waals surface area contributed by atoms with Crippen LogP contribution in [0.5, 0.6) is 0 Å². The van der Waals surface area contributed by atoms with E-state index in [9.17, 15) is 0 Å². The SMILES string of the molecule is C/C(=N\Nc1nnc2c(n1)[nH]c1ccccc12)c1ccc(N)cc1. The normalized spacial score (nSPS) is 12.0. The number of fused-ring (bicyclic) bond motifs is 3. The topological polar surface area (TPSA) is 105 Å². The summed E-state index contributed by atoms with van der Waals surface area (Å²) in [7, 11) is 0. The Labute approximate surface area is 137 Å². The molecule has 118 valence electrons. The largest absolute Gasteiger partial charge is 0.399 e. The lowest BCUT2D eigenvalue weighted by molar-refractivity contribution is 1.01. The molecule has 4 N–H and O–H groups in total. The first-order valence-electron chi connectivity index (χ1n) is 7.48. The molecule has 4 rings (SSSR count). The number of nitrogens with zero attached hydrogens (tertiary/aromatic N) is 4. The van der Waals surface area contributed by atoms with Crippen LogP contribution in [0.2, 0.25) is 0 Å². The van der Waals surface area contributed by atoms with Gasteiger partial charge in [0.1, 0.15) is 5.52 Å². The second-order valence-corrected chi connectivity index (χ2v) is 5.43. The number of nitrogens with one attached hydrogen (secondary N) is 2. The van der Waals surface area contributed by atoms with Crippen molar-refractivity contribution >= 4 is 39.4 Å². The number of hydrogen-bond acceptors (Lipinski definition) is 6. The molecule has 0 radical (unpaired) electrons. The zero-order chi connectivity index (χ0) is 16.5. The van der Waals surface area contributed by atoms with Gasteiger partial charge in [-0.05, 0) is 30.7 Å². The first kappa shape index (κ1) is 14.1. The Morgan fingerprint density at radius 3 is 2.71 bits per heavy atom. The monoisotopic (exact) mass is 317 g/mol. The van der Waals surface area contributed by atoms with Crippen LogP contribution in [0.1, 0.15) is 12.5 Å². The van der Waals surface area contributed by atoms with Gasteiger partial charge in [0, 0.05) is 16.6 Å². The van der Waals surface area contributed by atoms with Gasteiger partial charge in [-0.25, -0.2) is 5.43 Å². The van der Waals surface area contributed by atoms with Crippen LogP contribution >= 0.6 is 0 Å². The van der Waals surface area contributed by atoms with Crippen LogP contribution < -0.4 is 11.2 Å². The fourth-order valence-electron chi connectivity index (χ4n) is 2.49. The quantitative estimate of drug-likeness (QED) is 0.306. The molecule has 0 spiro atoms. The number of hydrazone groups is 1. The number of para-hydroxylation sites is 1. The van der Waals surface area contributed by atoms with Crippen molar-refractivity contribution in [2.75, 3.05) is 11.2 Å². The number of nitrogens with two attached hydrogens (primary N) is 1. The second-order valence-electron chi connectivity index (χ2n) is 5.43. The summed E-state index contributed by atoms with van der Waals surface area (Å²) in [6.45, 7) is 1.90. The van der Waals surface area contributed by atoms with Gasteiger partial charge in [-0.1, -0.05) is 30.3 Å². The molecule has 0 atom stereocenters. The van der Waals surface area contributed by atoms with E-state index in [1.165, 1.54) is 0 Å². The molecule has 2 aromatic heterocycles. The maximum Gasteiger partial charge on any atom is 0.265 e. The van der Waals surface area contributed by atoms with Crippen LogP contribution in [0.3, 0.4) is 0 Å². The number of nitrogen functional groups attached to an aromatic ring is 1. The Hall–Kier alpha value is -3.48. The van der Waals surface area contributed by atoms with Crippen molar-refractivity contribution in [2.45, 2.75) is 6.92 Å². The lowest BCUT2D eigenvalue weighted by atomic mass is 10.1. The maximum atomic E-state index is 5.69. The maximum absolute atomic E-state index is 5.69. The Morgan fingerprint density at radius 1 is 1.08 bits per heavy atom. The van der Waals surface area contributed by atoms with Crippen molar-refractivity contribution in [1.29, 1.82) is 0 Å². The fraction of sp³-hybridized carbons (Fsp3) is 0.0588. The molecule has 0 fully saturated rings. The lowest BCUT2D eigenvalue weighted by Crippen LogP contribution is -2.03. The molecule has 4 aromatic rings. The number of aromatic amines is 1. The van der Waals surface area contributed by atoms with Gasteiger partial charge in [0.15, 0.2) is 5.65 Å². The van der Waals surface area contributed by atoms with E-state index >= 15 is 0 Å². The van der Waals surface area contributed by atoms with E-state index in [-0.39, 0.29) is 0 Å². The Balaban J connectivity index is 1.63. The molecule has 0 bridgehead atoms. The van der Waals surface area contributed by atoms with Crippen LogP contribution in [0, 0.1) is 0 Å². The molecular formula is C17H15N7. The summed E-state index contributed by atoms with van der Waals surface area (Å²) in [6, 6.07) is 15.4. The van der Waals surface area contributed by atoms with Crippen LogP contribution in [0.25, 0.3) is 22.1 Å². The highest BCUT2D eigenvalue weighted by Crippen LogP contribution is 2.21. The van der Waals surface area contributed by atoms with E-state index in [1.807, 2.05) is 55.5 Å². The summed E-state index contributed by atoms with van der Waals surface area (Å²) in [6.07, 6.45) is 0. The van der Waals surface area contributed by atoms with E-state index in [1.54, 1.807) is 0 Å². The lowest BCUT2D eigenvalue weighted by Gasteiger charge is -2.02. The van der Waals surface area contributed by atoms with Crippen molar-refractivity contribution in [1.82, 2.24) is 20.2 Å². The predicted molar refractivity (Wildman–Crippen MR) is 95.9 cm³/mol. The first-order chi connectivity index (χ1) is 11.7. The van der Waals surface area contributed by atoms with Gasteiger partial charge in [0.2, 0.25) is 0 Å². The molecule has 0 aliphatic carbocycles. The predicted octanol–water partition coefficient (Wildman–Crippen LogP) is 2.92. The molecule has 7 heteroatoms. The molecule has 0 aliphatic rings. The number of anilines is 2. The summed E-state index contributed by atoms with van der Waals surface area (Å²) < 4.78 is 0. The molecular weight excluding hydrogens is 302 g/mol. The summed E-state index contributed by atoms with van der Waals surface area (Å²) in [5.41, 5.74) is 13.4. The third-order valence-electron chi connectivity index (χ3n) is 3.77. The van der Waals surface area contributed by atoms with Gasteiger partial charge in [0.25, 0.3) is 5.95 Å². The molecule has 0 amide bonds. The molecule has 0 saturated carbocycles. The van der Waals surface area contributed by atoms with Gasteiger partial charge in [-0.3, -0.25) is 0 Å². The molecule has 24 heavy (non-hydrogen) atoms. The van der Waals surface area contributed by atoms with E-state index in [4.69, 9.17) is 5.73 Å². The minimum absolute atomic E-state index is 0.337. The number of aromatic nitrogens is 4. The highest BCUT2D eigenvalue weighted by Gasteiger charge is 2.08. The third-order valence-corrected chi connectivity index (χ3v) is 3.77. The molecule has 2 heterocycles. The highest BCUT2D eigenvalue weighted by atomic mass is 15.4. The van der Waals surface area contributed by atoms with Gasteiger partial charge in [-0.2, -0.15) is 10.1 Å². The molecule has 0 aliphatic heterocycles. The van der Waals surface area contributed by atoms with Crippen molar-refractivity contribution < 1.29 is 0 Å². The average Bonchev–Trinajstić information content (AvgIpc) is 2.98. The molecule has 7 nitrogen and oxygen atoms in total. The second kappa shape index (κ2) is 5.62. The van der Waals surface area contributed by atoms with Crippen LogP contribution in [-0.2, 0) is 0 Å². The number of H-pyrrole nitrogens is 1. The van der Waals surface area contributed by atoms with Gasteiger partial charge >= 0.3 is 0 Å². The van der Waals surface area contributed by atoms with E-state index in [2.05, 4.69) is 30.7 Å². The zero-order valence-electron chi connectivity index (χ0n) is 13.0. The standard InChI is InChI=1S/C17H15N7/c1-10(11-6-8-12(18)9-7-11)21-23-17-20-16-15(22-24-17)13-4-2-3-5-14(13)19-16/h2-9H,18H2,1H3,(H2,19,20,23,24)/b21-10+. The Morgan fingerprint density at radius 2 is 1.88 bits per heavy atom. The van der Waals surface area contributed by atoms with Crippen molar-refractivity contribution in [3.63, 3.8) is 0 Å². The third kappa shape index (κ3) is 2.52. The number of rotatable bonds is 3. The highest BCUT2D eigenvalue weighted by molar-refractivity contribution is 6.03. The summed E-state index contributed by atoms with van der Waals surface area (Å²) in [4.78, 5) is 7.65. The molecule has 0 saturated heterocycles. The van der Waals surface area contributed by atoms with Crippen molar-refractivity contribution in [3.05, 3.63) is 54.1 Å². The summed E-state index contributed by atoms with van der Waals surface area (Å²) in [5.74, 6) is 0.337. The average molecular weight is 317 g/mol. The van der Waals surface area contributed by atoms with Crippen molar-refractivity contribution in [3.8, 4) is 0 Å². The van der Waals surface area contributed by atoms with Gasteiger partial charge in [-0.15, -0.1) is 10.2 Å². The van der Waals surface area contributed by atoms with Crippen molar-refractivity contribution in [2.24, 2.45) is 5.10 Å². The van der Waals surface area contributed by atoms with E-state index < -0.39 is 0 Å². The first-order valence-corrected chi connectivity index (χ1v) is 7.48. The van der Waals surface area contributed by atoms with Gasteiger partial charge in [0.05, 0.1) is 5.71 Å². The smallest absolute Gasteiger partial charge is 0.265 e. The summed E-state index contributed by atoms with van der Waals surface area (Å²) >= 11 is 0. The van der Waals surface area contributed by atoms with E-state index in [0.717, 1.165) is 33.4 Å². The van der Waals surface area contributed by atoms with E-state index in [0.29, 0.717) is 11.6 Å². The Kier molecular flexibility index (Phi) is 3.31. The number of benzene rings is 2. The minimum Gasteiger partial charge on any atom is -0.399 e. The summed E-state index contributed by atoms with van der Waals surface area (Å²) in [5, 5.41) is 13.6. The van der Waals surface area contributed by atoms with Crippen LogP contribution in [0.15, 0.2) is 53.6 Å². The molecule has 0 unspecified atom stereocenters. The van der Waals surface area contributed by atoms with Crippen LogP contribution in [0.4, 0.5) is 11.6 Å². The zero-order valence-corrected chi connectivity index (χ0v) is 13.0. The molecule has 2 aromatic carbocycles. The van der Waals surface area contributed by atoms with Crippen LogP contribution in [-0.4, -0.2) is 25.9 Å². The minimum atomic E-state index is 0.337. The number of hydrogen-bond donors (Lipinski definition) is 3. The Bertz CT molecular complexity index is 1050. The van der Waals surface area contributed by atoms with Gasteiger partial charge < -0.3 is 10.7 Å².